The van der Waals surface area contributed by atoms with Crippen LogP contribution in [0.4, 0.5) is 10.5 Å². The molecule has 0 aliphatic carbocycles. The third kappa shape index (κ3) is 4.30. The van der Waals surface area contributed by atoms with E-state index in [1.807, 2.05) is 49.4 Å². The second-order valence-corrected chi connectivity index (χ2v) is 5.00. The maximum atomic E-state index is 11.8. The summed E-state index contributed by atoms with van der Waals surface area (Å²) in [7, 11) is 0. The van der Waals surface area contributed by atoms with Crippen molar-refractivity contribution in [1.82, 2.24) is 9.97 Å². The molecule has 1 heterocycles. The summed E-state index contributed by atoms with van der Waals surface area (Å²) in [5, 5.41) is 2.58. The molecule has 24 heavy (non-hydrogen) atoms. The van der Waals surface area contributed by atoms with Gasteiger partial charge in [0.05, 0.1) is 12.4 Å². The molecule has 0 atom stereocenters. The van der Waals surface area contributed by atoms with Gasteiger partial charge in [-0.3, -0.25) is 5.32 Å². The first kappa shape index (κ1) is 15.5. The summed E-state index contributed by atoms with van der Waals surface area (Å²) in [6.45, 7) is 1.98. The third-order valence-corrected chi connectivity index (χ3v) is 3.03. The molecule has 0 unspecified atom stereocenters. The minimum atomic E-state index is -0.659. The number of benzene rings is 2. The lowest BCUT2D eigenvalue weighted by atomic mass is 10.2. The highest BCUT2D eigenvalue weighted by molar-refractivity contribution is 5.85. The number of rotatable bonds is 4. The molecule has 1 amide bonds. The Kier molecular flexibility index (Phi) is 4.67. The number of ether oxygens (including phenoxy) is 2. The van der Waals surface area contributed by atoms with Crippen molar-refractivity contribution in [3.05, 3.63) is 72.6 Å². The molecule has 6 nitrogen and oxygen atoms in total. The Bertz CT molecular complexity index is 820. The van der Waals surface area contributed by atoms with Crippen molar-refractivity contribution < 1.29 is 14.3 Å². The van der Waals surface area contributed by atoms with Crippen molar-refractivity contribution in [2.75, 3.05) is 5.32 Å². The van der Waals surface area contributed by atoms with Crippen LogP contribution in [0.15, 0.2) is 67.0 Å². The molecule has 0 saturated carbocycles. The molecule has 120 valence electrons. The highest BCUT2D eigenvalue weighted by Gasteiger charge is 2.08. The fourth-order valence-electron chi connectivity index (χ4n) is 1.97. The van der Waals surface area contributed by atoms with Crippen LogP contribution in [0.2, 0.25) is 0 Å². The second-order valence-electron chi connectivity index (χ2n) is 5.00. The number of aryl methyl sites for hydroxylation is 1. The Morgan fingerprint density at radius 3 is 2.42 bits per heavy atom. The number of anilines is 1. The van der Waals surface area contributed by atoms with Gasteiger partial charge in [0.1, 0.15) is 5.75 Å². The zero-order chi connectivity index (χ0) is 16.8. The number of carbonyl (C=O) groups is 1. The van der Waals surface area contributed by atoms with E-state index >= 15 is 0 Å². The van der Waals surface area contributed by atoms with Gasteiger partial charge in [-0.15, -0.1) is 0 Å². The molecule has 0 fully saturated rings. The Morgan fingerprint density at radius 2 is 1.71 bits per heavy atom. The summed E-state index contributed by atoms with van der Waals surface area (Å²) in [6, 6.07) is 16.5. The van der Waals surface area contributed by atoms with E-state index in [-0.39, 0.29) is 6.01 Å². The van der Waals surface area contributed by atoms with E-state index in [2.05, 4.69) is 15.3 Å². The first-order valence-electron chi connectivity index (χ1n) is 7.29. The van der Waals surface area contributed by atoms with Crippen molar-refractivity contribution in [2.45, 2.75) is 6.92 Å². The van der Waals surface area contributed by atoms with Crippen LogP contribution in [0.25, 0.3) is 0 Å². The average Bonchev–Trinajstić information content (AvgIpc) is 2.57. The quantitative estimate of drug-likeness (QED) is 0.780. The number of para-hydroxylation sites is 1. The summed E-state index contributed by atoms with van der Waals surface area (Å²) in [5.41, 5.74) is 1.72. The standard InChI is InChI=1S/C18H15N3O3/c1-13-6-5-9-15(10-13)23-16-11-19-17(20-12-16)24-18(22)21-14-7-3-2-4-8-14/h2-12H,1H3,(H,21,22). The number of aromatic nitrogens is 2. The van der Waals surface area contributed by atoms with Crippen LogP contribution in [0.1, 0.15) is 5.56 Å². The van der Waals surface area contributed by atoms with E-state index in [0.29, 0.717) is 17.2 Å². The van der Waals surface area contributed by atoms with Crippen molar-refractivity contribution in [1.29, 1.82) is 0 Å². The maximum Gasteiger partial charge on any atom is 0.419 e. The highest BCUT2D eigenvalue weighted by Crippen LogP contribution is 2.21. The van der Waals surface area contributed by atoms with Gasteiger partial charge in [0, 0.05) is 5.69 Å². The normalized spacial score (nSPS) is 10.0. The Morgan fingerprint density at radius 1 is 0.958 bits per heavy atom. The van der Waals surface area contributed by atoms with Crippen LogP contribution < -0.4 is 14.8 Å². The van der Waals surface area contributed by atoms with Crippen molar-refractivity contribution in [3.63, 3.8) is 0 Å². The molecule has 2 aromatic carbocycles. The Balaban J connectivity index is 1.59. The van der Waals surface area contributed by atoms with E-state index in [0.717, 1.165) is 5.56 Å². The zero-order valence-corrected chi connectivity index (χ0v) is 13.0. The minimum Gasteiger partial charge on any atom is -0.454 e. The minimum absolute atomic E-state index is 0.0555. The van der Waals surface area contributed by atoms with Gasteiger partial charge in [-0.25, -0.2) is 4.79 Å². The lowest BCUT2D eigenvalue weighted by Crippen LogP contribution is -2.17. The predicted octanol–water partition coefficient (Wildman–Crippen LogP) is 4.19. The number of nitrogens with one attached hydrogen (secondary N) is 1. The average molecular weight is 321 g/mol. The van der Waals surface area contributed by atoms with E-state index < -0.39 is 6.09 Å². The number of carbonyl (C=O) groups excluding carboxylic acids is 1. The molecule has 0 bridgehead atoms. The fraction of sp³-hybridized carbons (Fsp3) is 0.0556. The number of hydrogen-bond acceptors (Lipinski definition) is 5. The van der Waals surface area contributed by atoms with Crippen LogP contribution in [0, 0.1) is 6.92 Å². The fourth-order valence-corrected chi connectivity index (χ4v) is 1.97. The van der Waals surface area contributed by atoms with E-state index in [4.69, 9.17) is 9.47 Å². The van der Waals surface area contributed by atoms with Gasteiger partial charge in [0.25, 0.3) is 0 Å². The zero-order valence-electron chi connectivity index (χ0n) is 13.0. The maximum absolute atomic E-state index is 11.8. The first-order chi connectivity index (χ1) is 11.7. The Labute approximate surface area is 139 Å². The lowest BCUT2D eigenvalue weighted by Gasteiger charge is -2.07. The summed E-state index contributed by atoms with van der Waals surface area (Å²) in [4.78, 5) is 19.7. The number of nitrogens with zero attached hydrogens (tertiary/aromatic N) is 2. The first-order valence-corrected chi connectivity index (χ1v) is 7.29. The van der Waals surface area contributed by atoms with Crippen molar-refractivity contribution in [3.8, 4) is 17.5 Å². The van der Waals surface area contributed by atoms with Crippen LogP contribution in [0.3, 0.4) is 0 Å². The molecule has 1 aromatic heterocycles. The molecular formula is C18H15N3O3. The van der Waals surface area contributed by atoms with Crippen molar-refractivity contribution >= 4 is 11.8 Å². The molecule has 0 aliphatic rings. The molecular weight excluding hydrogens is 306 g/mol. The molecule has 6 heteroatoms. The molecule has 0 aliphatic heterocycles. The molecule has 0 radical (unpaired) electrons. The van der Waals surface area contributed by atoms with E-state index in [9.17, 15) is 4.79 Å². The largest absolute Gasteiger partial charge is 0.454 e. The molecule has 0 spiro atoms. The third-order valence-electron chi connectivity index (χ3n) is 3.03. The highest BCUT2D eigenvalue weighted by atomic mass is 16.6. The van der Waals surface area contributed by atoms with Gasteiger partial charge in [-0.2, -0.15) is 9.97 Å². The van der Waals surface area contributed by atoms with Gasteiger partial charge >= 0.3 is 12.1 Å². The lowest BCUT2D eigenvalue weighted by molar-refractivity contribution is 0.211. The molecule has 3 rings (SSSR count). The van der Waals surface area contributed by atoms with Crippen LogP contribution >= 0.6 is 0 Å². The smallest absolute Gasteiger partial charge is 0.419 e. The molecule has 1 N–H and O–H groups in total. The van der Waals surface area contributed by atoms with Crippen LogP contribution in [-0.2, 0) is 0 Å². The summed E-state index contributed by atoms with van der Waals surface area (Å²) in [6.07, 6.45) is 2.23. The van der Waals surface area contributed by atoms with Gasteiger partial charge in [-0.1, -0.05) is 30.3 Å². The van der Waals surface area contributed by atoms with Gasteiger partial charge < -0.3 is 9.47 Å². The van der Waals surface area contributed by atoms with E-state index in [1.54, 1.807) is 12.1 Å². The SMILES string of the molecule is Cc1cccc(Oc2cnc(OC(=O)Nc3ccccc3)nc2)c1. The van der Waals surface area contributed by atoms with Crippen molar-refractivity contribution in [2.24, 2.45) is 0 Å². The summed E-state index contributed by atoms with van der Waals surface area (Å²) >= 11 is 0. The number of hydrogen-bond donors (Lipinski definition) is 1. The number of amides is 1. The van der Waals surface area contributed by atoms with Crippen LogP contribution in [-0.4, -0.2) is 16.1 Å². The Hall–Kier alpha value is -3.41. The van der Waals surface area contributed by atoms with Crippen LogP contribution in [0.5, 0.6) is 17.5 Å². The summed E-state index contributed by atoms with van der Waals surface area (Å²) in [5.74, 6) is 1.14. The monoisotopic (exact) mass is 321 g/mol. The second kappa shape index (κ2) is 7.23. The topological polar surface area (TPSA) is 73.3 Å². The van der Waals surface area contributed by atoms with Gasteiger partial charge in [0.15, 0.2) is 5.75 Å². The predicted molar refractivity (Wildman–Crippen MR) is 89.4 cm³/mol. The van der Waals surface area contributed by atoms with Gasteiger partial charge in [-0.05, 0) is 36.8 Å². The molecule has 0 saturated heterocycles. The van der Waals surface area contributed by atoms with E-state index in [1.165, 1.54) is 12.4 Å². The molecule has 3 aromatic rings. The summed E-state index contributed by atoms with van der Waals surface area (Å²) < 4.78 is 10.6. The van der Waals surface area contributed by atoms with Gasteiger partial charge in [0.2, 0.25) is 0 Å².